The third-order valence-electron chi connectivity index (χ3n) is 3.71. The normalized spacial score (nSPS) is 18.9. The van der Waals surface area contributed by atoms with Crippen LogP contribution < -0.4 is 10.6 Å². The van der Waals surface area contributed by atoms with Gasteiger partial charge in [0.15, 0.2) is 0 Å². The van der Waals surface area contributed by atoms with Crippen LogP contribution in [0.2, 0.25) is 0 Å². The molecule has 1 aliphatic heterocycles. The standard InChI is InChI=1S/C15H19N3S/c1-2-13(15-16-7-8-19-15)17-9-11-10-18-14-6-4-3-5-12(11)14/h3-8,11,13,17-18H,2,9-10H2,1H3. The molecule has 0 saturated carbocycles. The maximum atomic E-state index is 4.42. The molecule has 1 aromatic carbocycles. The summed E-state index contributed by atoms with van der Waals surface area (Å²) in [7, 11) is 0. The van der Waals surface area contributed by atoms with Gasteiger partial charge in [0.05, 0.1) is 6.04 Å². The molecule has 19 heavy (non-hydrogen) atoms. The fraction of sp³-hybridized carbons (Fsp3) is 0.400. The van der Waals surface area contributed by atoms with Gasteiger partial charge in [-0.05, 0) is 18.1 Å². The third kappa shape index (κ3) is 2.65. The first-order chi connectivity index (χ1) is 9.38. The lowest BCUT2D eigenvalue weighted by Crippen LogP contribution is -2.27. The van der Waals surface area contributed by atoms with E-state index in [9.17, 15) is 0 Å². The van der Waals surface area contributed by atoms with Crippen LogP contribution in [0.15, 0.2) is 35.8 Å². The van der Waals surface area contributed by atoms with E-state index < -0.39 is 0 Å². The Balaban J connectivity index is 1.64. The van der Waals surface area contributed by atoms with E-state index in [0.717, 1.165) is 19.5 Å². The first-order valence-electron chi connectivity index (χ1n) is 6.84. The number of para-hydroxylation sites is 1. The quantitative estimate of drug-likeness (QED) is 0.876. The molecule has 0 radical (unpaired) electrons. The van der Waals surface area contributed by atoms with Gasteiger partial charge in [-0.15, -0.1) is 11.3 Å². The maximum Gasteiger partial charge on any atom is 0.109 e. The van der Waals surface area contributed by atoms with Crippen LogP contribution in [0, 0.1) is 0 Å². The number of anilines is 1. The first kappa shape index (κ1) is 12.6. The van der Waals surface area contributed by atoms with E-state index in [2.05, 4.69) is 46.8 Å². The highest BCUT2D eigenvalue weighted by molar-refractivity contribution is 7.09. The van der Waals surface area contributed by atoms with E-state index >= 15 is 0 Å². The van der Waals surface area contributed by atoms with Gasteiger partial charge in [0.25, 0.3) is 0 Å². The van der Waals surface area contributed by atoms with E-state index in [1.54, 1.807) is 11.3 Å². The Hall–Kier alpha value is -1.39. The second-order valence-corrected chi connectivity index (χ2v) is 5.83. The summed E-state index contributed by atoms with van der Waals surface area (Å²) >= 11 is 1.73. The Labute approximate surface area is 118 Å². The zero-order chi connectivity index (χ0) is 13.1. The SMILES string of the molecule is CCC(NCC1CNc2ccccc21)c1nccs1. The van der Waals surface area contributed by atoms with E-state index in [4.69, 9.17) is 0 Å². The van der Waals surface area contributed by atoms with Gasteiger partial charge < -0.3 is 10.6 Å². The van der Waals surface area contributed by atoms with E-state index in [1.165, 1.54) is 16.3 Å². The molecule has 2 heterocycles. The molecule has 3 nitrogen and oxygen atoms in total. The minimum Gasteiger partial charge on any atom is -0.384 e. The highest BCUT2D eigenvalue weighted by Gasteiger charge is 2.22. The van der Waals surface area contributed by atoms with Gasteiger partial charge in [-0.1, -0.05) is 25.1 Å². The molecule has 4 heteroatoms. The highest BCUT2D eigenvalue weighted by Crippen LogP contribution is 2.31. The third-order valence-corrected chi connectivity index (χ3v) is 4.60. The fourth-order valence-electron chi connectivity index (χ4n) is 2.64. The average Bonchev–Trinajstić information content (AvgIpc) is 3.09. The fourth-order valence-corrected chi connectivity index (χ4v) is 3.43. The van der Waals surface area contributed by atoms with Crippen LogP contribution in [-0.2, 0) is 0 Å². The smallest absolute Gasteiger partial charge is 0.109 e. The monoisotopic (exact) mass is 273 g/mol. The van der Waals surface area contributed by atoms with E-state index in [-0.39, 0.29) is 0 Å². The molecule has 2 aromatic rings. The van der Waals surface area contributed by atoms with Crippen molar-refractivity contribution in [2.75, 3.05) is 18.4 Å². The molecule has 0 bridgehead atoms. The van der Waals surface area contributed by atoms with Gasteiger partial charge in [-0.2, -0.15) is 0 Å². The van der Waals surface area contributed by atoms with Crippen molar-refractivity contribution in [2.45, 2.75) is 25.3 Å². The Bertz CT molecular complexity index is 524. The van der Waals surface area contributed by atoms with Crippen LogP contribution >= 0.6 is 11.3 Å². The van der Waals surface area contributed by atoms with Gasteiger partial charge in [-0.25, -0.2) is 4.98 Å². The molecule has 2 unspecified atom stereocenters. The van der Waals surface area contributed by atoms with E-state index in [0.29, 0.717) is 12.0 Å². The molecule has 3 rings (SSSR count). The summed E-state index contributed by atoms with van der Waals surface area (Å²) in [5.74, 6) is 0.560. The molecular formula is C15H19N3S. The number of hydrogen-bond donors (Lipinski definition) is 2. The molecule has 1 aromatic heterocycles. The summed E-state index contributed by atoms with van der Waals surface area (Å²) in [6.45, 7) is 4.24. The second-order valence-electron chi connectivity index (χ2n) is 4.90. The summed E-state index contributed by atoms with van der Waals surface area (Å²) in [6.07, 6.45) is 2.96. The van der Waals surface area contributed by atoms with Crippen molar-refractivity contribution in [3.8, 4) is 0 Å². The molecule has 1 aliphatic rings. The number of rotatable bonds is 5. The first-order valence-corrected chi connectivity index (χ1v) is 7.72. The minimum atomic E-state index is 0.382. The van der Waals surface area contributed by atoms with Crippen molar-refractivity contribution in [3.05, 3.63) is 46.4 Å². The molecular weight excluding hydrogens is 254 g/mol. The summed E-state index contributed by atoms with van der Waals surface area (Å²) in [5.41, 5.74) is 2.72. The minimum absolute atomic E-state index is 0.382. The number of aromatic nitrogens is 1. The number of benzene rings is 1. The summed E-state index contributed by atoms with van der Waals surface area (Å²) < 4.78 is 0. The van der Waals surface area contributed by atoms with Gasteiger partial charge in [0, 0.05) is 36.3 Å². The average molecular weight is 273 g/mol. The van der Waals surface area contributed by atoms with Crippen molar-refractivity contribution in [1.82, 2.24) is 10.3 Å². The molecule has 2 N–H and O–H groups in total. The van der Waals surface area contributed by atoms with Gasteiger partial charge in [-0.3, -0.25) is 0 Å². The number of fused-ring (bicyclic) bond motifs is 1. The van der Waals surface area contributed by atoms with Crippen LogP contribution in [0.5, 0.6) is 0 Å². The molecule has 2 atom stereocenters. The van der Waals surface area contributed by atoms with Crippen LogP contribution in [0.4, 0.5) is 5.69 Å². The van der Waals surface area contributed by atoms with Crippen molar-refractivity contribution in [1.29, 1.82) is 0 Å². The topological polar surface area (TPSA) is 37.0 Å². The van der Waals surface area contributed by atoms with Crippen LogP contribution in [-0.4, -0.2) is 18.1 Å². The van der Waals surface area contributed by atoms with Crippen LogP contribution in [0.25, 0.3) is 0 Å². The molecule has 0 aliphatic carbocycles. The Morgan fingerprint density at radius 1 is 1.47 bits per heavy atom. The molecule has 0 spiro atoms. The lowest BCUT2D eigenvalue weighted by Gasteiger charge is -2.18. The number of thiazole rings is 1. The zero-order valence-corrected chi connectivity index (χ0v) is 11.9. The van der Waals surface area contributed by atoms with Crippen LogP contribution in [0.3, 0.4) is 0 Å². The zero-order valence-electron chi connectivity index (χ0n) is 11.1. The highest BCUT2D eigenvalue weighted by atomic mass is 32.1. The molecule has 0 amide bonds. The summed E-state index contributed by atoms with van der Waals surface area (Å²) in [4.78, 5) is 4.42. The molecule has 100 valence electrons. The maximum absolute atomic E-state index is 4.42. The largest absolute Gasteiger partial charge is 0.384 e. The Morgan fingerprint density at radius 3 is 3.16 bits per heavy atom. The van der Waals surface area contributed by atoms with Crippen molar-refractivity contribution >= 4 is 17.0 Å². The lowest BCUT2D eigenvalue weighted by molar-refractivity contribution is 0.493. The molecule has 0 fully saturated rings. The number of nitrogens with one attached hydrogen (secondary N) is 2. The predicted molar refractivity (Wildman–Crippen MR) is 80.8 cm³/mol. The predicted octanol–water partition coefficient (Wildman–Crippen LogP) is 3.39. The summed E-state index contributed by atoms with van der Waals surface area (Å²) in [5, 5.41) is 10.4. The van der Waals surface area contributed by atoms with Gasteiger partial charge in [0.1, 0.15) is 5.01 Å². The van der Waals surface area contributed by atoms with E-state index in [1.807, 2.05) is 11.6 Å². The van der Waals surface area contributed by atoms with Crippen molar-refractivity contribution in [3.63, 3.8) is 0 Å². The number of hydrogen-bond acceptors (Lipinski definition) is 4. The molecule has 0 saturated heterocycles. The second kappa shape index (κ2) is 5.72. The Morgan fingerprint density at radius 2 is 2.37 bits per heavy atom. The lowest BCUT2D eigenvalue weighted by atomic mass is 10.0. The number of nitrogens with zero attached hydrogens (tertiary/aromatic N) is 1. The van der Waals surface area contributed by atoms with Gasteiger partial charge in [0.2, 0.25) is 0 Å². The van der Waals surface area contributed by atoms with Crippen molar-refractivity contribution in [2.24, 2.45) is 0 Å². The Kier molecular flexibility index (Phi) is 3.80. The summed E-state index contributed by atoms with van der Waals surface area (Å²) in [6, 6.07) is 8.98. The van der Waals surface area contributed by atoms with Crippen molar-refractivity contribution < 1.29 is 0 Å². The van der Waals surface area contributed by atoms with Gasteiger partial charge >= 0.3 is 0 Å². The van der Waals surface area contributed by atoms with Crippen LogP contribution in [0.1, 0.15) is 35.9 Å².